The molecule has 3 heterocycles. The summed E-state index contributed by atoms with van der Waals surface area (Å²) in [7, 11) is 0. The van der Waals surface area contributed by atoms with Crippen LogP contribution in [0, 0.1) is 0 Å². The second-order valence-electron chi connectivity index (χ2n) is 6.42. The van der Waals surface area contributed by atoms with Crippen molar-refractivity contribution in [2.75, 3.05) is 16.3 Å². The van der Waals surface area contributed by atoms with Crippen molar-refractivity contribution in [3.63, 3.8) is 0 Å². The number of hydrogen-bond acceptors (Lipinski definition) is 3. The van der Waals surface area contributed by atoms with Crippen molar-refractivity contribution in [2.45, 2.75) is 29.0 Å². The number of para-hydroxylation sites is 2. The number of nitrogens with zero attached hydrogens (tertiary/aromatic N) is 2. The monoisotopic (exact) mass is 336 g/mol. The first-order chi connectivity index (χ1) is 11.7. The van der Waals surface area contributed by atoms with Crippen LogP contribution in [0.4, 0.5) is 11.4 Å². The van der Waals surface area contributed by atoms with Gasteiger partial charge in [-0.2, -0.15) is 0 Å². The van der Waals surface area contributed by atoms with Crippen LogP contribution in [-0.2, 0) is 16.0 Å². The average Bonchev–Trinajstić information content (AvgIpc) is 3.26. The molecule has 0 radical (unpaired) electrons. The zero-order valence-corrected chi connectivity index (χ0v) is 13.9. The third-order valence-corrected chi connectivity index (χ3v) is 6.60. The zero-order valence-electron chi connectivity index (χ0n) is 13.1. The summed E-state index contributed by atoms with van der Waals surface area (Å²) in [6, 6.07) is 15.9. The van der Waals surface area contributed by atoms with E-state index in [1.54, 1.807) is 16.7 Å². The topological polar surface area (TPSA) is 40.6 Å². The Morgan fingerprint density at radius 3 is 2.62 bits per heavy atom. The molecular formula is C19H16N2O2S. The van der Waals surface area contributed by atoms with Crippen molar-refractivity contribution >= 4 is 35.0 Å². The second-order valence-corrected chi connectivity index (χ2v) is 7.74. The van der Waals surface area contributed by atoms with E-state index < -0.39 is 4.87 Å². The number of fused-ring (bicyclic) bond motifs is 4. The maximum absolute atomic E-state index is 13.5. The lowest BCUT2D eigenvalue weighted by Gasteiger charge is -2.33. The first kappa shape index (κ1) is 14.1. The van der Waals surface area contributed by atoms with E-state index in [2.05, 4.69) is 6.07 Å². The van der Waals surface area contributed by atoms with Gasteiger partial charge in [0.15, 0.2) is 4.87 Å². The second kappa shape index (κ2) is 4.86. The van der Waals surface area contributed by atoms with Gasteiger partial charge in [-0.1, -0.05) is 42.1 Å². The first-order valence-electron chi connectivity index (χ1n) is 8.22. The summed E-state index contributed by atoms with van der Waals surface area (Å²) in [6.45, 7) is 0.693. The van der Waals surface area contributed by atoms with Gasteiger partial charge >= 0.3 is 0 Å². The highest BCUT2D eigenvalue weighted by molar-refractivity contribution is 8.02. The minimum absolute atomic E-state index is 0.0412. The summed E-state index contributed by atoms with van der Waals surface area (Å²) in [5, 5.41) is 0. The fourth-order valence-corrected chi connectivity index (χ4v) is 5.51. The van der Waals surface area contributed by atoms with Crippen LogP contribution in [0.5, 0.6) is 0 Å². The molecule has 24 heavy (non-hydrogen) atoms. The number of rotatable bonds is 1. The van der Waals surface area contributed by atoms with Crippen LogP contribution < -0.4 is 9.80 Å². The highest BCUT2D eigenvalue weighted by Gasteiger charge is 2.59. The Kier molecular flexibility index (Phi) is 2.86. The van der Waals surface area contributed by atoms with E-state index >= 15 is 0 Å². The molecule has 0 unspecified atom stereocenters. The van der Waals surface area contributed by atoms with E-state index in [4.69, 9.17) is 0 Å². The molecule has 2 aromatic rings. The lowest BCUT2D eigenvalue weighted by Crippen LogP contribution is -2.53. The molecule has 2 aromatic carbocycles. The number of thioether (sulfide) groups is 1. The molecule has 0 saturated carbocycles. The third kappa shape index (κ3) is 1.70. The van der Waals surface area contributed by atoms with Crippen molar-refractivity contribution in [1.29, 1.82) is 0 Å². The van der Waals surface area contributed by atoms with E-state index in [1.165, 1.54) is 5.56 Å². The summed E-state index contributed by atoms with van der Waals surface area (Å²) in [5.74, 6) is 0.0905. The van der Waals surface area contributed by atoms with Gasteiger partial charge in [0, 0.05) is 23.5 Å². The Balaban J connectivity index is 1.59. The van der Waals surface area contributed by atoms with Gasteiger partial charge in [0.2, 0.25) is 5.91 Å². The van der Waals surface area contributed by atoms with Crippen molar-refractivity contribution in [1.82, 2.24) is 0 Å². The summed E-state index contributed by atoms with van der Waals surface area (Å²) in [5.41, 5.74) is 3.08. The number of carbonyl (C=O) groups is 2. The molecule has 2 amide bonds. The summed E-state index contributed by atoms with van der Waals surface area (Å²) in [6.07, 6.45) is 1.88. The lowest BCUT2D eigenvalue weighted by molar-refractivity contribution is -0.122. The van der Waals surface area contributed by atoms with Crippen molar-refractivity contribution < 1.29 is 9.59 Å². The van der Waals surface area contributed by atoms with Gasteiger partial charge in [-0.25, -0.2) is 0 Å². The molecular weight excluding hydrogens is 320 g/mol. The van der Waals surface area contributed by atoms with Gasteiger partial charge in [-0.05, 0) is 36.6 Å². The van der Waals surface area contributed by atoms with Crippen LogP contribution >= 0.6 is 11.8 Å². The van der Waals surface area contributed by atoms with Crippen molar-refractivity contribution in [3.05, 3.63) is 54.1 Å². The maximum Gasteiger partial charge on any atom is 0.264 e. The van der Waals surface area contributed by atoms with Crippen LogP contribution in [0.1, 0.15) is 18.4 Å². The smallest absolute Gasteiger partial charge is 0.264 e. The largest absolute Gasteiger partial charge is 0.309 e. The fourth-order valence-electron chi connectivity index (χ4n) is 4.04. The van der Waals surface area contributed by atoms with E-state index in [-0.39, 0.29) is 11.8 Å². The number of benzene rings is 2. The average molecular weight is 336 g/mol. The molecule has 1 saturated heterocycles. The minimum atomic E-state index is -0.807. The van der Waals surface area contributed by atoms with E-state index in [1.807, 2.05) is 47.4 Å². The fraction of sp³-hybridized carbons (Fsp3) is 0.263. The highest BCUT2D eigenvalue weighted by atomic mass is 32.2. The van der Waals surface area contributed by atoms with E-state index in [0.717, 1.165) is 22.7 Å². The third-order valence-electron chi connectivity index (χ3n) is 5.14. The number of hydrogen-bond donors (Lipinski definition) is 0. The quantitative estimate of drug-likeness (QED) is 0.803. The molecule has 0 aliphatic carbocycles. The van der Waals surface area contributed by atoms with Gasteiger partial charge in [0.25, 0.3) is 5.91 Å². The van der Waals surface area contributed by atoms with Gasteiger partial charge in [0.05, 0.1) is 5.69 Å². The van der Waals surface area contributed by atoms with Crippen molar-refractivity contribution in [3.8, 4) is 0 Å². The molecule has 0 bridgehead atoms. The van der Waals surface area contributed by atoms with Gasteiger partial charge in [-0.15, -0.1) is 0 Å². The maximum atomic E-state index is 13.5. The Hall–Kier alpha value is -2.27. The summed E-state index contributed by atoms with van der Waals surface area (Å²) in [4.78, 5) is 29.9. The van der Waals surface area contributed by atoms with Gasteiger partial charge < -0.3 is 4.90 Å². The Labute approximate surface area is 144 Å². The van der Waals surface area contributed by atoms with Crippen LogP contribution in [0.25, 0.3) is 0 Å². The molecule has 1 atom stereocenters. The zero-order chi connectivity index (χ0) is 16.3. The normalized spacial score (nSPS) is 24.1. The van der Waals surface area contributed by atoms with Crippen molar-refractivity contribution in [2.24, 2.45) is 0 Å². The van der Waals surface area contributed by atoms with Crippen LogP contribution in [-0.4, -0.2) is 23.2 Å². The first-order valence-corrected chi connectivity index (χ1v) is 9.03. The predicted octanol–water partition coefficient (Wildman–Crippen LogP) is 3.20. The molecule has 4 nitrogen and oxygen atoms in total. The SMILES string of the molecule is O=C1CC[C@@]2(C(=O)N3CCc4ccccc43)Sc3ccccc3N12. The molecule has 3 aliphatic rings. The lowest BCUT2D eigenvalue weighted by atomic mass is 10.1. The summed E-state index contributed by atoms with van der Waals surface area (Å²) >= 11 is 1.54. The Bertz CT molecular complexity index is 881. The molecule has 5 heteroatoms. The Morgan fingerprint density at radius 2 is 1.75 bits per heavy atom. The molecule has 0 aromatic heterocycles. The predicted molar refractivity (Wildman–Crippen MR) is 94.2 cm³/mol. The molecule has 0 spiro atoms. The van der Waals surface area contributed by atoms with E-state index in [0.29, 0.717) is 19.4 Å². The molecule has 5 rings (SSSR count). The summed E-state index contributed by atoms with van der Waals surface area (Å²) < 4.78 is 0. The number of anilines is 2. The van der Waals surface area contributed by atoms with Gasteiger partial charge in [-0.3, -0.25) is 14.5 Å². The Morgan fingerprint density at radius 1 is 1.00 bits per heavy atom. The minimum Gasteiger partial charge on any atom is -0.309 e. The number of amides is 2. The number of carbonyl (C=O) groups excluding carboxylic acids is 2. The van der Waals surface area contributed by atoms with Crippen LogP contribution in [0.2, 0.25) is 0 Å². The molecule has 120 valence electrons. The van der Waals surface area contributed by atoms with E-state index in [9.17, 15) is 9.59 Å². The van der Waals surface area contributed by atoms with Crippen LogP contribution in [0.3, 0.4) is 0 Å². The molecule has 0 N–H and O–H groups in total. The molecule has 1 fully saturated rings. The van der Waals surface area contributed by atoms with Gasteiger partial charge in [0.1, 0.15) is 0 Å². The highest BCUT2D eigenvalue weighted by Crippen LogP contribution is 2.56. The molecule has 3 aliphatic heterocycles. The standard InChI is InChI=1S/C19H16N2O2S/c22-17-9-11-19(21(17)15-7-3-4-8-16(15)24-19)18(23)20-12-10-13-5-1-2-6-14(13)20/h1-8H,9-12H2/t19-/m0/s1. The van der Waals surface area contributed by atoms with Crippen LogP contribution in [0.15, 0.2) is 53.4 Å².